The van der Waals surface area contributed by atoms with Crippen LogP contribution in [0.15, 0.2) is 41.2 Å². The number of nitrogens with one attached hydrogen (secondary N) is 4. The van der Waals surface area contributed by atoms with E-state index in [9.17, 15) is 18.8 Å². The molecule has 1 heterocycles. The number of aromatic nitrogens is 1. The molecule has 0 atom stereocenters. The van der Waals surface area contributed by atoms with Crippen LogP contribution in [-0.2, 0) is 4.79 Å². The maximum atomic E-state index is 14.1. The van der Waals surface area contributed by atoms with Crippen molar-refractivity contribution in [2.24, 2.45) is 5.73 Å². The third-order valence-corrected chi connectivity index (χ3v) is 4.42. The summed E-state index contributed by atoms with van der Waals surface area (Å²) in [5.74, 6) is -2.39. The first-order valence-electron chi connectivity index (χ1n) is 9.51. The van der Waals surface area contributed by atoms with Crippen molar-refractivity contribution in [2.45, 2.75) is 0 Å². The molecule has 174 valence electrons. The van der Waals surface area contributed by atoms with Crippen LogP contribution in [0.25, 0.3) is 10.9 Å². The van der Waals surface area contributed by atoms with Gasteiger partial charge in [-0.05, 0) is 36.4 Å². The maximum absolute atomic E-state index is 14.1. The molecule has 0 bridgehead atoms. The van der Waals surface area contributed by atoms with Gasteiger partial charge in [0.25, 0.3) is 17.9 Å². The van der Waals surface area contributed by atoms with E-state index in [1.807, 2.05) is 0 Å². The number of benzene rings is 2. The number of rotatable bonds is 7. The van der Waals surface area contributed by atoms with Gasteiger partial charge in [0.05, 0.1) is 22.5 Å². The highest BCUT2D eigenvalue weighted by Crippen LogP contribution is 2.30. The van der Waals surface area contributed by atoms with Crippen molar-refractivity contribution < 1.29 is 29.0 Å². The number of nitrogens with two attached hydrogens (primary N) is 1. The Kier molecular flexibility index (Phi) is 8.46. The van der Waals surface area contributed by atoms with Crippen molar-refractivity contribution in [3.05, 3.63) is 63.7 Å². The van der Waals surface area contributed by atoms with E-state index < -0.39 is 23.3 Å². The molecule has 0 aliphatic carbocycles. The monoisotopic (exact) mass is 459 g/mol. The minimum Gasteiger partial charge on any atom is -0.483 e. The fourth-order valence-corrected chi connectivity index (χ4v) is 3.05. The van der Waals surface area contributed by atoms with Crippen molar-refractivity contribution in [2.75, 3.05) is 36.1 Å². The van der Waals surface area contributed by atoms with Crippen LogP contribution in [0.1, 0.15) is 20.7 Å². The van der Waals surface area contributed by atoms with Crippen molar-refractivity contribution in [3.63, 3.8) is 0 Å². The molecular formula is C21H22FN5O6. The molecule has 33 heavy (non-hydrogen) atoms. The van der Waals surface area contributed by atoms with E-state index in [1.54, 1.807) is 7.05 Å². The second-order valence-electron chi connectivity index (χ2n) is 6.49. The predicted molar refractivity (Wildman–Crippen MR) is 122 cm³/mol. The minimum atomic E-state index is -1.10. The zero-order valence-electron chi connectivity index (χ0n) is 17.4. The lowest BCUT2D eigenvalue weighted by Gasteiger charge is -2.16. The lowest BCUT2D eigenvalue weighted by molar-refractivity contribution is -0.122. The fourth-order valence-electron chi connectivity index (χ4n) is 3.05. The second kappa shape index (κ2) is 11.2. The number of pyridine rings is 1. The van der Waals surface area contributed by atoms with Crippen molar-refractivity contribution in [1.82, 2.24) is 4.98 Å². The predicted octanol–water partition coefficient (Wildman–Crippen LogP) is 1.73. The molecule has 0 spiro atoms. The number of carbonyl (C=O) groups is 3. The lowest BCUT2D eigenvalue weighted by atomic mass is 10.1. The average molecular weight is 459 g/mol. The van der Waals surface area contributed by atoms with E-state index >= 15 is 0 Å². The number of carbonyl (C=O) groups excluding carboxylic acids is 1. The first-order chi connectivity index (χ1) is 15.8. The number of anilines is 3. The Morgan fingerprint density at radius 1 is 1.21 bits per heavy atom. The smallest absolute Gasteiger partial charge is 0.335 e. The number of hydrogen-bond donors (Lipinski definition) is 7. The number of halogens is 1. The summed E-state index contributed by atoms with van der Waals surface area (Å²) in [7, 11) is 1.58. The Morgan fingerprint density at radius 3 is 2.39 bits per heavy atom. The number of H-pyrrole nitrogens is 1. The molecule has 3 rings (SSSR count). The molecule has 0 saturated carbocycles. The van der Waals surface area contributed by atoms with Crippen LogP contribution in [0.4, 0.5) is 21.5 Å². The van der Waals surface area contributed by atoms with Gasteiger partial charge in [-0.2, -0.15) is 0 Å². The Hall–Kier alpha value is -4.45. The number of amides is 1. The molecule has 12 heteroatoms. The first-order valence-corrected chi connectivity index (χ1v) is 9.51. The van der Waals surface area contributed by atoms with E-state index in [0.717, 1.165) is 0 Å². The van der Waals surface area contributed by atoms with Gasteiger partial charge in [0, 0.05) is 31.2 Å². The number of carboxylic acid groups (broad SMARTS) is 2. The molecule has 0 radical (unpaired) electrons. The molecule has 0 unspecified atom stereocenters. The first kappa shape index (κ1) is 24.8. The summed E-state index contributed by atoms with van der Waals surface area (Å²) in [4.78, 5) is 47.6. The highest BCUT2D eigenvalue weighted by molar-refractivity contribution is 6.13. The van der Waals surface area contributed by atoms with Crippen LogP contribution >= 0.6 is 0 Å². The zero-order valence-corrected chi connectivity index (χ0v) is 17.4. The molecule has 0 aliphatic heterocycles. The third kappa shape index (κ3) is 5.83. The molecule has 0 fully saturated rings. The van der Waals surface area contributed by atoms with Gasteiger partial charge in [-0.25, -0.2) is 9.18 Å². The Morgan fingerprint density at radius 2 is 1.85 bits per heavy atom. The summed E-state index contributed by atoms with van der Waals surface area (Å²) in [6.45, 7) is 0.220. The van der Waals surface area contributed by atoms with Gasteiger partial charge in [0.1, 0.15) is 11.4 Å². The van der Waals surface area contributed by atoms with E-state index in [-0.39, 0.29) is 36.4 Å². The minimum absolute atomic E-state index is 0.0527. The van der Waals surface area contributed by atoms with E-state index in [1.165, 1.54) is 36.4 Å². The van der Waals surface area contributed by atoms with Gasteiger partial charge in [-0.3, -0.25) is 14.4 Å². The second-order valence-corrected chi connectivity index (χ2v) is 6.49. The summed E-state index contributed by atoms with van der Waals surface area (Å²) >= 11 is 0. The molecule has 8 N–H and O–H groups in total. The van der Waals surface area contributed by atoms with Crippen molar-refractivity contribution in [3.8, 4) is 0 Å². The summed E-state index contributed by atoms with van der Waals surface area (Å²) in [5, 5.41) is 24.5. The third-order valence-electron chi connectivity index (χ3n) is 4.42. The highest BCUT2D eigenvalue weighted by Gasteiger charge is 2.21. The average Bonchev–Trinajstić information content (AvgIpc) is 2.78. The summed E-state index contributed by atoms with van der Waals surface area (Å²) in [6.07, 6.45) is 0. The molecular weight excluding hydrogens is 437 g/mol. The molecule has 1 aromatic heterocycles. The number of aromatic carboxylic acids is 1. The van der Waals surface area contributed by atoms with Crippen LogP contribution in [0, 0.1) is 5.82 Å². The lowest BCUT2D eigenvalue weighted by Crippen LogP contribution is -2.27. The van der Waals surface area contributed by atoms with E-state index in [0.29, 0.717) is 22.3 Å². The van der Waals surface area contributed by atoms with Crippen molar-refractivity contribution in [1.29, 1.82) is 0 Å². The maximum Gasteiger partial charge on any atom is 0.335 e. The largest absolute Gasteiger partial charge is 0.483 e. The number of carboxylic acids is 1. The van der Waals surface area contributed by atoms with Gasteiger partial charge < -0.3 is 36.9 Å². The zero-order chi connectivity index (χ0) is 24.5. The number of hydrogen-bond acceptors (Lipinski definition) is 7. The van der Waals surface area contributed by atoms with Crippen LogP contribution in [-0.4, -0.2) is 53.7 Å². The Balaban J connectivity index is 0.00000122. The van der Waals surface area contributed by atoms with Gasteiger partial charge >= 0.3 is 5.97 Å². The number of aromatic amines is 1. The van der Waals surface area contributed by atoms with Gasteiger partial charge in [-0.1, -0.05) is 0 Å². The summed E-state index contributed by atoms with van der Waals surface area (Å²) in [5.41, 5.74) is 5.82. The van der Waals surface area contributed by atoms with E-state index in [4.69, 9.17) is 20.7 Å². The Labute approximate surface area is 186 Å². The standard InChI is InChI=1S/C20H20FN5O4.CH2O2/c1-23-14-9-11(21)8-13-16(14)26-19(28)15(17(13)24-7-6-22)18(27)25-12-4-2-10(3-5-12)20(29)30;2-1-3/h2-5,8-9,23H,6-7,22H2,1H3,(H,25,27)(H,29,30)(H2,24,26,28);1H,(H,2,3). The van der Waals surface area contributed by atoms with Crippen molar-refractivity contribution >= 4 is 46.3 Å². The van der Waals surface area contributed by atoms with E-state index in [2.05, 4.69) is 20.9 Å². The van der Waals surface area contributed by atoms with Gasteiger partial charge in [-0.15, -0.1) is 0 Å². The highest BCUT2D eigenvalue weighted by atomic mass is 19.1. The summed E-state index contributed by atoms with van der Waals surface area (Å²) in [6, 6.07) is 7.90. The Bertz CT molecular complexity index is 1230. The normalized spacial score (nSPS) is 10.0. The molecule has 2 aromatic carbocycles. The molecule has 1 amide bonds. The topological polar surface area (TPSA) is 187 Å². The quantitative estimate of drug-likeness (QED) is 0.258. The van der Waals surface area contributed by atoms with Gasteiger partial charge in [0.15, 0.2) is 0 Å². The van der Waals surface area contributed by atoms with Crippen LogP contribution < -0.4 is 27.2 Å². The summed E-state index contributed by atoms with van der Waals surface area (Å²) < 4.78 is 14.1. The molecule has 11 nitrogen and oxygen atoms in total. The molecule has 3 aromatic rings. The van der Waals surface area contributed by atoms with Crippen LogP contribution in [0.2, 0.25) is 0 Å². The molecule has 0 aliphatic rings. The van der Waals surface area contributed by atoms with Crippen LogP contribution in [0.3, 0.4) is 0 Å². The van der Waals surface area contributed by atoms with Gasteiger partial charge in [0.2, 0.25) is 0 Å². The SMILES string of the molecule is CNc1cc(F)cc2c(NCCN)c(C(=O)Nc3ccc(C(=O)O)cc3)c(=O)[nH]c12.O=CO. The number of fused-ring (bicyclic) bond motifs is 1. The van der Waals surface area contributed by atoms with Crippen LogP contribution in [0.5, 0.6) is 0 Å². The fraction of sp³-hybridized carbons (Fsp3) is 0.143. The molecule has 0 saturated heterocycles.